The van der Waals surface area contributed by atoms with Crippen molar-refractivity contribution in [3.8, 4) is 5.75 Å². The number of nitrogens with zero attached hydrogens (tertiary/aromatic N) is 1. The summed E-state index contributed by atoms with van der Waals surface area (Å²) in [7, 11) is 0. The Balaban J connectivity index is 2.05. The first-order valence-corrected chi connectivity index (χ1v) is 9.88. The van der Waals surface area contributed by atoms with E-state index in [9.17, 15) is 9.59 Å². The lowest BCUT2D eigenvalue weighted by Gasteiger charge is -2.13. The lowest BCUT2D eigenvalue weighted by Crippen LogP contribution is -2.32. The molecule has 2 amide bonds. The molecule has 0 aromatic heterocycles. The molecular formula is C22H20Cl2N2O3. The summed E-state index contributed by atoms with van der Waals surface area (Å²) in [5.74, 6) is -0.223. The second-order valence-electron chi connectivity index (χ2n) is 6.39. The number of carbonyl (C=O) groups excluding carboxylic acids is 2. The summed E-state index contributed by atoms with van der Waals surface area (Å²) < 4.78 is 5.64. The van der Waals surface area contributed by atoms with Gasteiger partial charge in [-0.1, -0.05) is 48.3 Å². The third kappa shape index (κ3) is 4.47. The van der Waals surface area contributed by atoms with Crippen LogP contribution in [-0.2, 0) is 9.59 Å². The lowest BCUT2D eigenvalue weighted by molar-refractivity contribution is -0.136. The maximum absolute atomic E-state index is 13.0. The zero-order valence-electron chi connectivity index (χ0n) is 15.9. The average Bonchev–Trinajstić information content (AvgIpc) is 2.92. The van der Waals surface area contributed by atoms with Crippen LogP contribution >= 0.6 is 23.2 Å². The van der Waals surface area contributed by atoms with Crippen molar-refractivity contribution >= 4 is 46.3 Å². The van der Waals surface area contributed by atoms with Gasteiger partial charge in [0.25, 0.3) is 11.8 Å². The summed E-state index contributed by atoms with van der Waals surface area (Å²) in [6.45, 7) is 6.32. The SMILES string of the molecule is C=CCN1C(=O)C(Nc2cccc(OCCC)c2)=C(c2ccc(Cl)cc2Cl)C1=O. The maximum atomic E-state index is 13.0. The van der Waals surface area contributed by atoms with Crippen LogP contribution in [0.1, 0.15) is 18.9 Å². The number of hydrogen-bond donors (Lipinski definition) is 1. The summed E-state index contributed by atoms with van der Waals surface area (Å²) >= 11 is 12.3. The molecule has 0 atom stereocenters. The number of rotatable bonds is 8. The van der Waals surface area contributed by atoms with E-state index < -0.39 is 11.8 Å². The molecule has 0 unspecified atom stereocenters. The van der Waals surface area contributed by atoms with Gasteiger partial charge in [-0.05, 0) is 30.7 Å². The Hall–Kier alpha value is -2.76. The van der Waals surface area contributed by atoms with Crippen molar-refractivity contribution in [3.63, 3.8) is 0 Å². The molecule has 0 aliphatic carbocycles. The molecule has 0 saturated carbocycles. The zero-order valence-corrected chi connectivity index (χ0v) is 17.4. The molecule has 0 saturated heterocycles. The number of benzene rings is 2. The predicted molar refractivity (Wildman–Crippen MR) is 116 cm³/mol. The number of amides is 2. The highest BCUT2D eigenvalue weighted by atomic mass is 35.5. The highest BCUT2D eigenvalue weighted by molar-refractivity contribution is 6.41. The zero-order chi connectivity index (χ0) is 21.0. The van der Waals surface area contributed by atoms with Gasteiger partial charge in [-0.15, -0.1) is 6.58 Å². The van der Waals surface area contributed by atoms with Gasteiger partial charge in [0.2, 0.25) is 0 Å². The number of imide groups is 1. The normalized spacial score (nSPS) is 13.8. The molecular weight excluding hydrogens is 411 g/mol. The predicted octanol–water partition coefficient (Wildman–Crippen LogP) is 5.16. The number of nitrogens with one attached hydrogen (secondary N) is 1. The molecule has 0 spiro atoms. The molecule has 0 bridgehead atoms. The summed E-state index contributed by atoms with van der Waals surface area (Å²) in [6, 6.07) is 12.0. The van der Waals surface area contributed by atoms with Crippen molar-refractivity contribution in [3.05, 3.63) is 76.4 Å². The molecule has 1 N–H and O–H groups in total. The van der Waals surface area contributed by atoms with Gasteiger partial charge >= 0.3 is 0 Å². The first-order valence-electron chi connectivity index (χ1n) is 9.13. The fraction of sp³-hybridized carbons (Fsp3) is 0.182. The van der Waals surface area contributed by atoms with Gasteiger partial charge in [0.05, 0.1) is 17.2 Å². The highest BCUT2D eigenvalue weighted by Crippen LogP contribution is 2.35. The number of halogens is 2. The van der Waals surface area contributed by atoms with Crippen LogP contribution in [0.2, 0.25) is 10.0 Å². The molecule has 7 heteroatoms. The van der Waals surface area contributed by atoms with Gasteiger partial charge < -0.3 is 10.1 Å². The molecule has 2 aromatic carbocycles. The summed E-state index contributed by atoms with van der Waals surface area (Å²) in [4.78, 5) is 27.1. The Morgan fingerprint density at radius 2 is 1.93 bits per heavy atom. The minimum Gasteiger partial charge on any atom is -0.494 e. The molecule has 0 fully saturated rings. The van der Waals surface area contributed by atoms with Crippen molar-refractivity contribution in [1.82, 2.24) is 4.90 Å². The molecule has 0 radical (unpaired) electrons. The van der Waals surface area contributed by atoms with E-state index >= 15 is 0 Å². The van der Waals surface area contributed by atoms with Crippen molar-refractivity contribution < 1.29 is 14.3 Å². The van der Waals surface area contributed by atoms with Gasteiger partial charge in [0, 0.05) is 28.9 Å². The largest absolute Gasteiger partial charge is 0.494 e. The van der Waals surface area contributed by atoms with Crippen molar-refractivity contribution in [2.45, 2.75) is 13.3 Å². The Morgan fingerprint density at radius 1 is 1.14 bits per heavy atom. The molecule has 29 heavy (non-hydrogen) atoms. The summed E-state index contributed by atoms with van der Waals surface area (Å²) in [5, 5.41) is 3.80. The Kier molecular flexibility index (Phi) is 6.62. The molecule has 1 aliphatic rings. The molecule has 5 nitrogen and oxygen atoms in total. The number of hydrogen-bond acceptors (Lipinski definition) is 4. The smallest absolute Gasteiger partial charge is 0.278 e. The minimum absolute atomic E-state index is 0.0945. The Labute approximate surface area is 179 Å². The van der Waals surface area contributed by atoms with Gasteiger partial charge in [-0.25, -0.2) is 0 Å². The van der Waals surface area contributed by atoms with E-state index in [-0.39, 0.29) is 22.8 Å². The monoisotopic (exact) mass is 430 g/mol. The number of ether oxygens (including phenoxy) is 1. The Morgan fingerprint density at radius 3 is 2.62 bits per heavy atom. The minimum atomic E-state index is -0.448. The molecule has 1 heterocycles. The average molecular weight is 431 g/mol. The summed E-state index contributed by atoms with van der Waals surface area (Å²) in [6.07, 6.45) is 2.38. The van der Waals surface area contributed by atoms with E-state index in [0.717, 1.165) is 11.3 Å². The summed E-state index contributed by atoms with van der Waals surface area (Å²) in [5.41, 5.74) is 1.40. The van der Waals surface area contributed by atoms with Crippen LogP contribution < -0.4 is 10.1 Å². The van der Waals surface area contributed by atoms with Crippen LogP contribution in [0.4, 0.5) is 5.69 Å². The van der Waals surface area contributed by atoms with Crippen LogP contribution in [0.25, 0.3) is 5.57 Å². The first-order chi connectivity index (χ1) is 14.0. The molecule has 1 aliphatic heterocycles. The van der Waals surface area contributed by atoms with Gasteiger partial charge in [0.15, 0.2) is 0 Å². The van der Waals surface area contributed by atoms with E-state index in [0.29, 0.717) is 28.6 Å². The van der Waals surface area contributed by atoms with Crippen LogP contribution in [0.3, 0.4) is 0 Å². The van der Waals surface area contributed by atoms with Crippen LogP contribution in [0.15, 0.2) is 60.8 Å². The van der Waals surface area contributed by atoms with Gasteiger partial charge in [-0.2, -0.15) is 0 Å². The fourth-order valence-corrected chi connectivity index (χ4v) is 3.46. The fourth-order valence-electron chi connectivity index (χ4n) is 2.96. The number of carbonyl (C=O) groups is 2. The lowest BCUT2D eigenvalue weighted by atomic mass is 10.0. The first kappa shape index (κ1) is 21.0. The second kappa shape index (κ2) is 9.16. The van der Waals surface area contributed by atoms with E-state index in [1.165, 1.54) is 12.1 Å². The molecule has 150 valence electrons. The van der Waals surface area contributed by atoms with E-state index in [1.54, 1.807) is 24.3 Å². The standard InChI is InChI=1S/C22H20Cl2N2O3/c1-3-10-26-21(27)19(17-9-8-14(23)12-18(17)24)20(22(26)28)25-15-6-5-7-16(13-15)29-11-4-2/h3,5-9,12-13,25H,1,4,10-11H2,2H3. The van der Waals surface area contributed by atoms with Crippen molar-refractivity contribution in [2.24, 2.45) is 0 Å². The van der Waals surface area contributed by atoms with Crippen molar-refractivity contribution in [1.29, 1.82) is 0 Å². The maximum Gasteiger partial charge on any atom is 0.278 e. The third-order valence-corrected chi connectivity index (χ3v) is 4.80. The van der Waals surface area contributed by atoms with Crippen LogP contribution in [0, 0.1) is 0 Å². The molecule has 2 aromatic rings. The van der Waals surface area contributed by atoms with E-state index in [1.807, 2.05) is 19.1 Å². The van der Waals surface area contributed by atoms with E-state index in [2.05, 4.69) is 11.9 Å². The Bertz CT molecular complexity index is 1000. The second-order valence-corrected chi connectivity index (χ2v) is 7.23. The number of anilines is 1. The van der Waals surface area contributed by atoms with E-state index in [4.69, 9.17) is 27.9 Å². The van der Waals surface area contributed by atoms with Crippen molar-refractivity contribution in [2.75, 3.05) is 18.5 Å². The highest BCUT2D eigenvalue weighted by Gasteiger charge is 2.39. The molecule has 3 rings (SSSR count). The van der Waals surface area contributed by atoms with Crippen LogP contribution in [0.5, 0.6) is 5.75 Å². The third-order valence-electron chi connectivity index (χ3n) is 4.26. The topological polar surface area (TPSA) is 58.6 Å². The van der Waals surface area contributed by atoms with Crippen LogP contribution in [-0.4, -0.2) is 29.9 Å². The van der Waals surface area contributed by atoms with Gasteiger partial charge in [-0.3, -0.25) is 14.5 Å². The van der Waals surface area contributed by atoms with Gasteiger partial charge in [0.1, 0.15) is 11.4 Å². The quantitative estimate of drug-likeness (QED) is 0.464.